The van der Waals surface area contributed by atoms with E-state index in [-0.39, 0.29) is 6.61 Å². The highest BCUT2D eigenvalue weighted by atomic mass is 35.5. The van der Waals surface area contributed by atoms with Gasteiger partial charge in [0.25, 0.3) is 5.91 Å². The predicted octanol–water partition coefficient (Wildman–Crippen LogP) is 2.74. The molecule has 6 heteroatoms. The zero-order valence-corrected chi connectivity index (χ0v) is 14.2. The summed E-state index contributed by atoms with van der Waals surface area (Å²) in [4.78, 5) is 10.8. The smallest absolute Gasteiger partial charge is 0.255 e. The number of nitrogens with one attached hydrogen (secondary N) is 1. The molecule has 0 saturated heterocycles. The number of carbonyl (C=O) groups excluding carboxylic acids is 1. The van der Waals surface area contributed by atoms with Crippen LogP contribution in [0.1, 0.15) is 32.3 Å². The molecule has 22 heavy (non-hydrogen) atoms. The number of ether oxygens (including phenoxy) is 2. The van der Waals surface area contributed by atoms with Crippen LogP contribution in [0.2, 0.25) is 5.02 Å². The summed E-state index contributed by atoms with van der Waals surface area (Å²) >= 11 is 6.19. The second kappa shape index (κ2) is 9.54. The van der Waals surface area contributed by atoms with Crippen molar-refractivity contribution in [3.8, 4) is 11.5 Å². The second-order valence-corrected chi connectivity index (χ2v) is 5.98. The van der Waals surface area contributed by atoms with Gasteiger partial charge in [-0.15, -0.1) is 0 Å². The van der Waals surface area contributed by atoms with Gasteiger partial charge in [-0.1, -0.05) is 25.4 Å². The summed E-state index contributed by atoms with van der Waals surface area (Å²) in [6.07, 6.45) is 2.35. The van der Waals surface area contributed by atoms with E-state index < -0.39 is 5.91 Å². The zero-order valence-electron chi connectivity index (χ0n) is 13.4. The summed E-state index contributed by atoms with van der Waals surface area (Å²) in [5.74, 6) is 0.992. The molecule has 1 aromatic rings. The van der Waals surface area contributed by atoms with Crippen molar-refractivity contribution < 1.29 is 14.3 Å². The fourth-order valence-corrected chi connectivity index (χ4v) is 2.31. The monoisotopic (exact) mass is 328 g/mol. The maximum absolute atomic E-state index is 10.8. The summed E-state index contributed by atoms with van der Waals surface area (Å²) in [5, 5.41) is 3.78. The lowest BCUT2D eigenvalue weighted by molar-refractivity contribution is -0.119. The van der Waals surface area contributed by atoms with E-state index in [4.69, 9.17) is 26.8 Å². The van der Waals surface area contributed by atoms with Gasteiger partial charge in [0.1, 0.15) is 0 Å². The molecule has 0 atom stereocenters. The van der Waals surface area contributed by atoms with E-state index >= 15 is 0 Å². The fraction of sp³-hybridized carbons (Fsp3) is 0.562. The van der Waals surface area contributed by atoms with Gasteiger partial charge >= 0.3 is 0 Å². The average molecular weight is 329 g/mol. The first-order chi connectivity index (χ1) is 10.4. The van der Waals surface area contributed by atoms with Crippen LogP contribution in [0.3, 0.4) is 0 Å². The summed E-state index contributed by atoms with van der Waals surface area (Å²) < 4.78 is 10.6. The van der Waals surface area contributed by atoms with Crippen LogP contribution >= 0.6 is 11.6 Å². The van der Waals surface area contributed by atoms with Gasteiger partial charge in [0.2, 0.25) is 0 Å². The molecule has 0 aromatic heterocycles. The number of benzene rings is 1. The third kappa shape index (κ3) is 6.54. The Morgan fingerprint density at radius 1 is 1.41 bits per heavy atom. The van der Waals surface area contributed by atoms with Crippen LogP contribution in [0.5, 0.6) is 11.5 Å². The minimum atomic E-state index is -0.561. The minimum absolute atomic E-state index is 0.233. The fourth-order valence-electron chi connectivity index (χ4n) is 2.03. The number of methoxy groups -OCH3 is 1. The Bertz CT molecular complexity index is 493. The van der Waals surface area contributed by atoms with Crippen molar-refractivity contribution in [3.63, 3.8) is 0 Å². The molecule has 124 valence electrons. The molecule has 0 aliphatic heterocycles. The number of rotatable bonds is 10. The Hall–Kier alpha value is -1.46. The topological polar surface area (TPSA) is 73.6 Å². The molecule has 0 aliphatic rings. The molecule has 1 aromatic carbocycles. The number of amides is 1. The molecule has 0 saturated carbocycles. The van der Waals surface area contributed by atoms with Gasteiger partial charge in [-0.2, -0.15) is 0 Å². The van der Waals surface area contributed by atoms with Gasteiger partial charge in [-0.25, -0.2) is 0 Å². The van der Waals surface area contributed by atoms with Crippen LogP contribution in [0.15, 0.2) is 12.1 Å². The van der Waals surface area contributed by atoms with Crippen molar-refractivity contribution in [2.24, 2.45) is 11.7 Å². The first-order valence-corrected chi connectivity index (χ1v) is 7.80. The van der Waals surface area contributed by atoms with Crippen LogP contribution in [0.4, 0.5) is 0 Å². The van der Waals surface area contributed by atoms with Crippen molar-refractivity contribution in [1.82, 2.24) is 5.32 Å². The molecule has 0 radical (unpaired) electrons. The molecule has 0 spiro atoms. The quantitative estimate of drug-likeness (QED) is 0.648. The number of nitrogens with two attached hydrogens (primary N) is 1. The van der Waals surface area contributed by atoms with Crippen molar-refractivity contribution >= 4 is 17.5 Å². The molecular weight excluding hydrogens is 304 g/mol. The number of primary amides is 1. The minimum Gasteiger partial charge on any atom is -0.493 e. The predicted molar refractivity (Wildman–Crippen MR) is 88.5 cm³/mol. The Morgan fingerprint density at radius 2 is 2.14 bits per heavy atom. The van der Waals surface area contributed by atoms with Crippen molar-refractivity contribution in [1.29, 1.82) is 0 Å². The maximum Gasteiger partial charge on any atom is 0.255 e. The Balaban J connectivity index is 2.62. The first-order valence-electron chi connectivity index (χ1n) is 7.42. The lowest BCUT2D eigenvalue weighted by Crippen LogP contribution is -2.20. The molecule has 3 N–H and O–H groups in total. The van der Waals surface area contributed by atoms with Crippen molar-refractivity contribution in [2.75, 3.05) is 20.3 Å². The van der Waals surface area contributed by atoms with Crippen molar-refractivity contribution in [2.45, 2.75) is 33.2 Å². The van der Waals surface area contributed by atoms with Crippen LogP contribution in [-0.4, -0.2) is 26.2 Å². The molecule has 1 rings (SSSR count). The molecule has 5 nitrogen and oxygen atoms in total. The number of halogens is 1. The molecule has 0 unspecified atom stereocenters. The van der Waals surface area contributed by atoms with Crippen LogP contribution in [0.25, 0.3) is 0 Å². The molecule has 0 heterocycles. The van der Waals surface area contributed by atoms with E-state index in [1.807, 2.05) is 6.07 Å². The Labute approximate surface area is 137 Å². The Morgan fingerprint density at radius 3 is 2.73 bits per heavy atom. The van der Waals surface area contributed by atoms with E-state index in [9.17, 15) is 4.79 Å². The van der Waals surface area contributed by atoms with Crippen molar-refractivity contribution in [3.05, 3.63) is 22.7 Å². The number of hydrogen-bond acceptors (Lipinski definition) is 4. The van der Waals surface area contributed by atoms with E-state index in [0.29, 0.717) is 23.1 Å². The van der Waals surface area contributed by atoms with Gasteiger partial charge < -0.3 is 20.5 Å². The van der Waals surface area contributed by atoms with E-state index in [1.165, 1.54) is 13.5 Å². The van der Waals surface area contributed by atoms with Gasteiger partial charge in [0, 0.05) is 6.54 Å². The summed E-state index contributed by atoms with van der Waals surface area (Å²) in [5.41, 5.74) is 6.07. The highest BCUT2D eigenvalue weighted by Crippen LogP contribution is 2.36. The maximum atomic E-state index is 10.8. The van der Waals surface area contributed by atoms with Gasteiger partial charge in [-0.3, -0.25) is 4.79 Å². The molecule has 1 amide bonds. The molecule has 0 fully saturated rings. The number of carbonyl (C=O) groups is 1. The summed E-state index contributed by atoms with van der Waals surface area (Å²) in [6, 6.07) is 3.65. The SMILES string of the molecule is COc1cc(CNCCCC(C)C)cc(Cl)c1OCC(N)=O. The second-order valence-electron chi connectivity index (χ2n) is 5.58. The Kier molecular flexibility index (Phi) is 8.06. The summed E-state index contributed by atoms with van der Waals surface area (Å²) in [6.45, 7) is 5.86. The normalized spacial score (nSPS) is 10.8. The zero-order chi connectivity index (χ0) is 16.5. The van der Waals surface area contributed by atoms with Gasteiger partial charge in [0.15, 0.2) is 18.1 Å². The van der Waals surface area contributed by atoms with Crippen LogP contribution in [-0.2, 0) is 11.3 Å². The number of hydrogen-bond donors (Lipinski definition) is 2. The molecular formula is C16H25ClN2O3. The third-order valence-corrected chi connectivity index (χ3v) is 3.39. The van der Waals surface area contributed by atoms with Crippen LogP contribution in [0, 0.1) is 5.92 Å². The van der Waals surface area contributed by atoms with E-state index in [1.54, 1.807) is 6.07 Å². The van der Waals surface area contributed by atoms with Gasteiger partial charge in [-0.05, 0) is 43.0 Å². The lowest BCUT2D eigenvalue weighted by atomic mass is 10.1. The summed E-state index contributed by atoms with van der Waals surface area (Å²) in [7, 11) is 1.53. The highest BCUT2D eigenvalue weighted by molar-refractivity contribution is 6.32. The van der Waals surface area contributed by atoms with Gasteiger partial charge in [0.05, 0.1) is 12.1 Å². The highest BCUT2D eigenvalue weighted by Gasteiger charge is 2.13. The molecule has 0 aliphatic carbocycles. The standard InChI is InChI=1S/C16H25ClN2O3/c1-11(2)5-4-6-19-9-12-7-13(17)16(14(8-12)21-3)22-10-15(18)20/h7-8,11,19H,4-6,9-10H2,1-3H3,(H2,18,20). The van der Waals surface area contributed by atoms with E-state index in [0.717, 1.165) is 24.4 Å². The third-order valence-electron chi connectivity index (χ3n) is 3.11. The molecule has 0 bridgehead atoms. The average Bonchev–Trinajstić information content (AvgIpc) is 2.44. The lowest BCUT2D eigenvalue weighted by Gasteiger charge is -2.14. The van der Waals surface area contributed by atoms with Crippen LogP contribution < -0.4 is 20.5 Å². The van der Waals surface area contributed by atoms with E-state index in [2.05, 4.69) is 19.2 Å². The first kappa shape index (κ1) is 18.6. The largest absolute Gasteiger partial charge is 0.493 e.